The van der Waals surface area contributed by atoms with Crippen molar-refractivity contribution >= 4 is 10.8 Å². The first-order valence-electron chi connectivity index (χ1n) is 15.2. The predicted molar refractivity (Wildman–Crippen MR) is 177 cm³/mol. The molecule has 0 N–H and O–H groups in total. The molecule has 13 bridgehead atoms. The van der Waals surface area contributed by atoms with Crippen molar-refractivity contribution in [1.82, 2.24) is 0 Å². The Labute approximate surface area is 253 Å². The van der Waals surface area contributed by atoms with Crippen LogP contribution in [0.2, 0.25) is 0 Å². The molecule has 6 aromatic rings. The summed E-state index contributed by atoms with van der Waals surface area (Å²) in [5.41, 5.74) is 12.2. The Morgan fingerprint density at radius 3 is 1.21 bits per heavy atom. The van der Waals surface area contributed by atoms with Crippen LogP contribution in [-0.4, -0.2) is 20.0 Å². The minimum Gasteiger partial charge on any atom is -0.352 e. The summed E-state index contributed by atoms with van der Waals surface area (Å²) in [5.74, 6) is -0.529. The van der Waals surface area contributed by atoms with Crippen LogP contribution in [0.15, 0.2) is 133 Å². The Morgan fingerprint density at radius 1 is 0.419 bits per heavy atom. The molecule has 8 rings (SSSR count). The number of ether oxygens (including phenoxy) is 2. The molecule has 1 fully saturated rings. The summed E-state index contributed by atoms with van der Waals surface area (Å²) >= 11 is 0. The molecular formula is C41H34O2. The largest absolute Gasteiger partial charge is 0.352 e. The van der Waals surface area contributed by atoms with Gasteiger partial charge in [0, 0.05) is 26.1 Å². The molecule has 2 aliphatic carbocycles. The maximum absolute atomic E-state index is 6.39. The minimum absolute atomic E-state index is 0.112. The summed E-state index contributed by atoms with van der Waals surface area (Å²) in [7, 11) is 3.61. The van der Waals surface area contributed by atoms with Gasteiger partial charge in [-0.15, -0.1) is 0 Å². The highest BCUT2D eigenvalue weighted by molar-refractivity contribution is 5.91. The van der Waals surface area contributed by atoms with Crippen LogP contribution in [0.1, 0.15) is 35.8 Å². The number of rotatable bonds is 2. The van der Waals surface area contributed by atoms with Gasteiger partial charge in [0.2, 0.25) is 0 Å². The molecule has 2 atom stereocenters. The van der Waals surface area contributed by atoms with Crippen molar-refractivity contribution in [3.63, 3.8) is 0 Å². The van der Waals surface area contributed by atoms with Crippen LogP contribution in [0.25, 0.3) is 55.3 Å². The lowest BCUT2D eigenvalue weighted by Crippen LogP contribution is -2.41. The van der Waals surface area contributed by atoms with Crippen LogP contribution in [0, 0.1) is 0 Å². The lowest BCUT2D eigenvalue weighted by Gasteiger charge is -2.38. The summed E-state index contributed by atoms with van der Waals surface area (Å²) < 4.78 is 12.8. The van der Waals surface area contributed by atoms with Crippen LogP contribution < -0.4 is 0 Å². The molecule has 1 saturated carbocycles. The van der Waals surface area contributed by atoms with Gasteiger partial charge in [0.15, 0.2) is 5.79 Å². The van der Waals surface area contributed by atoms with E-state index in [-0.39, 0.29) is 11.8 Å². The third-order valence-corrected chi connectivity index (χ3v) is 9.83. The summed E-state index contributed by atoms with van der Waals surface area (Å²) in [6.45, 7) is 0. The third-order valence-electron chi connectivity index (χ3n) is 9.83. The molecule has 0 saturated heterocycles. The van der Waals surface area contributed by atoms with Gasteiger partial charge in [0.05, 0.1) is 0 Å². The zero-order valence-corrected chi connectivity index (χ0v) is 24.6. The maximum Gasteiger partial charge on any atom is 0.181 e. The molecule has 43 heavy (non-hydrogen) atoms. The van der Waals surface area contributed by atoms with E-state index in [4.69, 9.17) is 9.47 Å². The van der Waals surface area contributed by atoms with Crippen molar-refractivity contribution in [3.05, 3.63) is 145 Å². The predicted octanol–water partition coefficient (Wildman–Crippen LogP) is 10.5. The van der Waals surface area contributed by atoms with Crippen molar-refractivity contribution in [1.29, 1.82) is 0 Å². The highest BCUT2D eigenvalue weighted by Crippen LogP contribution is 2.54. The fourth-order valence-corrected chi connectivity index (χ4v) is 7.66. The quantitative estimate of drug-likeness (QED) is 0.197. The first kappa shape index (κ1) is 26.2. The Hall–Kier alpha value is -4.50. The van der Waals surface area contributed by atoms with Gasteiger partial charge in [-0.3, -0.25) is 0 Å². The first-order valence-corrected chi connectivity index (χ1v) is 15.2. The highest BCUT2D eigenvalue weighted by atomic mass is 16.7. The summed E-state index contributed by atoms with van der Waals surface area (Å²) in [6, 6.07) is 49.4. The van der Waals surface area contributed by atoms with E-state index in [1.54, 1.807) is 14.2 Å². The molecule has 2 heteroatoms. The normalized spacial score (nSPS) is 18.2. The fourth-order valence-electron chi connectivity index (χ4n) is 7.66. The number of fused-ring (bicyclic) bond motifs is 18. The zero-order valence-electron chi connectivity index (χ0n) is 24.6. The van der Waals surface area contributed by atoms with Gasteiger partial charge >= 0.3 is 0 Å². The summed E-state index contributed by atoms with van der Waals surface area (Å²) in [6.07, 6.45) is 1.98. The second kappa shape index (κ2) is 10.3. The number of methoxy groups -OCH3 is 2. The smallest absolute Gasteiger partial charge is 0.181 e. The average Bonchev–Trinajstić information content (AvgIpc) is 3.47. The van der Waals surface area contributed by atoms with Crippen LogP contribution in [-0.2, 0) is 9.47 Å². The van der Waals surface area contributed by atoms with E-state index in [1.165, 1.54) is 66.4 Å². The lowest BCUT2D eigenvalue weighted by atomic mass is 9.84. The standard InChI is InChI=1S/C41H34O2/c1-42-41(43-2)39-19-20-40(41)37-14-6-12-33(24-37)29-8-4-10-31(22-29)35-18-16-27-15-17-34(25-38(27)26-35)30-9-3-7-28(21-30)32-11-5-13-36(39)23-32/h3-18,21-26,39-40H,19-20H2,1-2H3. The van der Waals surface area contributed by atoms with Crippen LogP contribution in [0.4, 0.5) is 0 Å². The number of benzene rings is 6. The molecule has 210 valence electrons. The van der Waals surface area contributed by atoms with Gasteiger partial charge < -0.3 is 9.47 Å². The Morgan fingerprint density at radius 2 is 0.791 bits per heavy atom. The molecule has 6 aromatic carbocycles. The molecule has 0 aliphatic heterocycles. The van der Waals surface area contributed by atoms with Crippen LogP contribution in [0.3, 0.4) is 0 Å². The summed E-state index contributed by atoms with van der Waals surface area (Å²) in [4.78, 5) is 0. The maximum atomic E-state index is 6.39. The molecule has 2 aliphatic rings. The molecule has 0 spiro atoms. The fraction of sp³-hybridized carbons (Fsp3) is 0.171. The molecular weight excluding hydrogens is 524 g/mol. The van der Waals surface area contributed by atoms with Crippen molar-refractivity contribution in [2.75, 3.05) is 14.2 Å². The number of hydrogen-bond acceptors (Lipinski definition) is 2. The topological polar surface area (TPSA) is 18.5 Å². The minimum atomic E-state index is -0.752. The van der Waals surface area contributed by atoms with Crippen molar-refractivity contribution in [3.8, 4) is 44.5 Å². The molecule has 0 radical (unpaired) electrons. The van der Waals surface area contributed by atoms with Crippen LogP contribution in [0.5, 0.6) is 0 Å². The molecule has 0 amide bonds. The van der Waals surface area contributed by atoms with E-state index in [0.717, 1.165) is 12.8 Å². The Bertz CT molecular complexity index is 1850. The lowest BCUT2D eigenvalue weighted by molar-refractivity contribution is -0.221. The van der Waals surface area contributed by atoms with Crippen molar-refractivity contribution in [2.24, 2.45) is 0 Å². The van der Waals surface area contributed by atoms with E-state index in [0.29, 0.717) is 0 Å². The molecule has 0 heterocycles. The monoisotopic (exact) mass is 558 g/mol. The number of hydrogen-bond donors (Lipinski definition) is 0. The Kier molecular flexibility index (Phi) is 6.29. The second-order valence-corrected chi connectivity index (χ2v) is 12.0. The van der Waals surface area contributed by atoms with Gasteiger partial charge in [-0.25, -0.2) is 0 Å². The highest BCUT2D eigenvalue weighted by Gasteiger charge is 2.52. The van der Waals surface area contributed by atoms with Gasteiger partial charge in [-0.1, -0.05) is 109 Å². The van der Waals surface area contributed by atoms with Gasteiger partial charge in [0.25, 0.3) is 0 Å². The zero-order chi connectivity index (χ0) is 29.0. The average molecular weight is 559 g/mol. The van der Waals surface area contributed by atoms with Gasteiger partial charge in [0.1, 0.15) is 0 Å². The van der Waals surface area contributed by atoms with Gasteiger partial charge in [-0.2, -0.15) is 0 Å². The van der Waals surface area contributed by atoms with Crippen molar-refractivity contribution < 1.29 is 9.47 Å². The van der Waals surface area contributed by atoms with E-state index in [9.17, 15) is 0 Å². The first-order chi connectivity index (χ1) is 21.1. The molecule has 2 unspecified atom stereocenters. The summed E-state index contributed by atoms with van der Waals surface area (Å²) in [5, 5.41) is 2.49. The van der Waals surface area contributed by atoms with Gasteiger partial charge in [-0.05, 0) is 104 Å². The Balaban J connectivity index is 1.38. The molecule has 0 aromatic heterocycles. The molecule has 2 nitrogen and oxygen atoms in total. The SMILES string of the molecule is COC1(OC)C2CCC1c1cccc(c1)-c1cccc(c1)-c1ccc3ccc(cc3c1)-c1cccc(c1)-c1cccc2c1. The second-order valence-electron chi connectivity index (χ2n) is 12.0. The third kappa shape index (κ3) is 4.33. The van der Waals surface area contributed by atoms with E-state index >= 15 is 0 Å². The van der Waals surface area contributed by atoms with E-state index in [1.807, 2.05) is 0 Å². The van der Waals surface area contributed by atoms with E-state index < -0.39 is 5.79 Å². The van der Waals surface area contributed by atoms with Crippen molar-refractivity contribution in [2.45, 2.75) is 30.5 Å². The van der Waals surface area contributed by atoms with Crippen LogP contribution >= 0.6 is 0 Å². The van der Waals surface area contributed by atoms with E-state index in [2.05, 4.69) is 133 Å².